The van der Waals surface area contributed by atoms with Gasteiger partial charge >= 0.3 is 0 Å². The third-order valence-corrected chi connectivity index (χ3v) is 3.28. The van der Waals surface area contributed by atoms with Gasteiger partial charge in [0.15, 0.2) is 0 Å². The third-order valence-electron chi connectivity index (χ3n) is 3.28. The maximum Gasteiger partial charge on any atom is 0.146 e. The molecule has 0 radical (unpaired) electrons. The van der Waals surface area contributed by atoms with Crippen LogP contribution >= 0.6 is 0 Å². The number of aromatic nitrogens is 2. The molecule has 106 valence electrons. The summed E-state index contributed by atoms with van der Waals surface area (Å²) in [6.45, 7) is 0. The average molecular weight is 280 g/mol. The van der Waals surface area contributed by atoms with Gasteiger partial charge in [0.2, 0.25) is 0 Å². The molecule has 1 aromatic carbocycles. The van der Waals surface area contributed by atoms with Crippen molar-refractivity contribution in [1.82, 2.24) is 9.55 Å². The Morgan fingerprint density at radius 3 is 2.95 bits per heavy atom. The summed E-state index contributed by atoms with van der Waals surface area (Å²) in [6.07, 6.45) is 5.55. The van der Waals surface area contributed by atoms with Crippen LogP contribution in [0.25, 0.3) is 10.9 Å². The highest BCUT2D eigenvalue weighted by molar-refractivity contribution is 6.00. The molecular weight excluding hydrogens is 264 g/mol. The monoisotopic (exact) mass is 280 g/mol. The van der Waals surface area contributed by atoms with Gasteiger partial charge in [-0.25, -0.2) is 4.98 Å². The molecule has 0 saturated carbocycles. The Hall–Kier alpha value is -2.82. The Morgan fingerprint density at radius 2 is 2.19 bits per heavy atom. The predicted octanol–water partition coefficient (Wildman–Crippen LogP) is 3.03. The summed E-state index contributed by atoms with van der Waals surface area (Å²) in [4.78, 5) is 4.15. The molecule has 5 heteroatoms. The number of nitrogens with zero attached hydrogens (tertiary/aromatic N) is 3. The molecule has 0 aliphatic carbocycles. The van der Waals surface area contributed by atoms with Gasteiger partial charge in [0.25, 0.3) is 0 Å². The number of hydrazone groups is 1. The van der Waals surface area contributed by atoms with Gasteiger partial charge in [-0.3, -0.25) is 5.43 Å². The van der Waals surface area contributed by atoms with E-state index in [0.29, 0.717) is 5.82 Å². The first kappa shape index (κ1) is 13.2. The zero-order chi connectivity index (χ0) is 14.7. The largest absolute Gasteiger partial charge is 0.497 e. The molecule has 0 amide bonds. The Labute approximate surface area is 122 Å². The molecule has 21 heavy (non-hydrogen) atoms. The lowest BCUT2D eigenvalue weighted by Gasteiger charge is -2.01. The van der Waals surface area contributed by atoms with Crippen molar-refractivity contribution in [2.24, 2.45) is 12.1 Å². The summed E-state index contributed by atoms with van der Waals surface area (Å²) in [5.41, 5.74) is 5.07. The van der Waals surface area contributed by atoms with E-state index in [-0.39, 0.29) is 0 Å². The van der Waals surface area contributed by atoms with Crippen LogP contribution in [0.4, 0.5) is 5.82 Å². The number of hydrogen-bond acceptors (Lipinski definition) is 4. The number of nitrogens with one attached hydrogen (secondary N) is 1. The van der Waals surface area contributed by atoms with Gasteiger partial charge in [0, 0.05) is 35.9 Å². The Balaban J connectivity index is 1.89. The van der Waals surface area contributed by atoms with Crippen molar-refractivity contribution in [2.45, 2.75) is 0 Å². The van der Waals surface area contributed by atoms with E-state index < -0.39 is 0 Å². The van der Waals surface area contributed by atoms with Gasteiger partial charge in [0.1, 0.15) is 11.6 Å². The first-order valence-electron chi connectivity index (χ1n) is 6.61. The van der Waals surface area contributed by atoms with Crippen LogP contribution in [-0.4, -0.2) is 22.9 Å². The lowest BCUT2D eigenvalue weighted by atomic mass is 10.2. The Bertz CT molecular complexity index is 778. The number of ether oxygens (including phenoxy) is 1. The van der Waals surface area contributed by atoms with Crippen molar-refractivity contribution in [3.8, 4) is 5.75 Å². The lowest BCUT2D eigenvalue weighted by Crippen LogP contribution is -1.92. The Morgan fingerprint density at radius 1 is 1.29 bits per heavy atom. The minimum atomic E-state index is 0.714. The summed E-state index contributed by atoms with van der Waals surface area (Å²) >= 11 is 0. The molecule has 0 aliphatic rings. The highest BCUT2D eigenvalue weighted by atomic mass is 16.5. The fourth-order valence-electron chi connectivity index (χ4n) is 2.23. The summed E-state index contributed by atoms with van der Waals surface area (Å²) in [5.74, 6) is 1.55. The summed E-state index contributed by atoms with van der Waals surface area (Å²) in [6, 6.07) is 11.6. The molecule has 2 aromatic heterocycles. The smallest absolute Gasteiger partial charge is 0.146 e. The summed E-state index contributed by atoms with van der Waals surface area (Å²) < 4.78 is 7.35. The zero-order valence-electron chi connectivity index (χ0n) is 11.9. The second-order valence-electron chi connectivity index (χ2n) is 4.66. The normalized spacial score (nSPS) is 11.1. The molecule has 3 aromatic rings. The highest BCUT2D eigenvalue weighted by Gasteiger charge is 2.06. The van der Waals surface area contributed by atoms with Crippen LogP contribution in [0.2, 0.25) is 0 Å². The minimum absolute atomic E-state index is 0.714. The molecular formula is C16H16N4O. The van der Waals surface area contributed by atoms with Crippen LogP contribution in [0.5, 0.6) is 5.75 Å². The fraction of sp³-hybridized carbons (Fsp3) is 0.125. The van der Waals surface area contributed by atoms with Crippen molar-refractivity contribution >= 4 is 22.9 Å². The number of hydrogen-bond donors (Lipinski definition) is 1. The molecule has 0 atom stereocenters. The number of fused-ring (bicyclic) bond motifs is 1. The molecule has 2 heterocycles. The minimum Gasteiger partial charge on any atom is -0.497 e. The van der Waals surface area contributed by atoms with E-state index in [0.717, 1.165) is 22.2 Å². The number of anilines is 1. The molecule has 0 bridgehead atoms. The molecule has 0 aliphatic heterocycles. The van der Waals surface area contributed by atoms with Gasteiger partial charge in [-0.1, -0.05) is 6.07 Å². The molecule has 0 unspecified atom stereocenters. The summed E-state index contributed by atoms with van der Waals surface area (Å²) in [7, 11) is 3.68. The fourth-order valence-corrected chi connectivity index (χ4v) is 2.23. The number of aryl methyl sites for hydroxylation is 1. The van der Waals surface area contributed by atoms with Crippen molar-refractivity contribution in [3.63, 3.8) is 0 Å². The van der Waals surface area contributed by atoms with Gasteiger partial charge in [-0.2, -0.15) is 5.10 Å². The third kappa shape index (κ3) is 2.72. The first-order chi connectivity index (χ1) is 10.3. The van der Waals surface area contributed by atoms with E-state index in [9.17, 15) is 0 Å². The molecule has 3 rings (SSSR count). The molecule has 0 fully saturated rings. The second-order valence-corrected chi connectivity index (χ2v) is 4.66. The molecule has 5 nitrogen and oxygen atoms in total. The quantitative estimate of drug-likeness (QED) is 0.590. The van der Waals surface area contributed by atoms with Gasteiger partial charge in [-0.15, -0.1) is 0 Å². The van der Waals surface area contributed by atoms with Gasteiger partial charge in [-0.05, 0) is 30.3 Å². The maximum atomic E-state index is 5.28. The number of methoxy groups -OCH3 is 1. The average Bonchev–Trinajstić information content (AvgIpc) is 2.84. The van der Waals surface area contributed by atoms with Crippen molar-refractivity contribution in [2.75, 3.05) is 12.5 Å². The van der Waals surface area contributed by atoms with Gasteiger partial charge in [0.05, 0.1) is 13.3 Å². The number of rotatable bonds is 4. The zero-order valence-corrected chi connectivity index (χ0v) is 11.9. The Kier molecular flexibility index (Phi) is 3.55. The van der Waals surface area contributed by atoms with Crippen LogP contribution < -0.4 is 10.2 Å². The van der Waals surface area contributed by atoms with E-state index in [1.165, 1.54) is 0 Å². The van der Waals surface area contributed by atoms with Crippen LogP contribution in [-0.2, 0) is 7.05 Å². The van der Waals surface area contributed by atoms with E-state index in [2.05, 4.69) is 20.1 Å². The number of pyridine rings is 1. The van der Waals surface area contributed by atoms with Crippen LogP contribution in [0.1, 0.15) is 5.56 Å². The second kappa shape index (κ2) is 5.66. The predicted molar refractivity (Wildman–Crippen MR) is 84.9 cm³/mol. The van der Waals surface area contributed by atoms with Crippen LogP contribution in [0.15, 0.2) is 53.9 Å². The van der Waals surface area contributed by atoms with Crippen molar-refractivity contribution in [1.29, 1.82) is 0 Å². The molecule has 0 spiro atoms. The van der Waals surface area contributed by atoms with Crippen LogP contribution in [0.3, 0.4) is 0 Å². The van der Waals surface area contributed by atoms with Crippen molar-refractivity contribution in [3.05, 3.63) is 54.4 Å². The van der Waals surface area contributed by atoms with Crippen LogP contribution in [0, 0.1) is 0 Å². The molecule has 1 N–H and O–H groups in total. The van der Waals surface area contributed by atoms with E-state index in [1.807, 2.05) is 49.6 Å². The summed E-state index contributed by atoms with van der Waals surface area (Å²) in [5, 5.41) is 5.34. The topological polar surface area (TPSA) is 51.4 Å². The van der Waals surface area contributed by atoms with Crippen molar-refractivity contribution < 1.29 is 4.74 Å². The SMILES string of the molecule is COc1ccc2c(c1)c(/C=N/Nc1ccccn1)cn2C. The highest BCUT2D eigenvalue weighted by Crippen LogP contribution is 2.24. The maximum absolute atomic E-state index is 5.28. The first-order valence-corrected chi connectivity index (χ1v) is 6.61. The van der Waals surface area contributed by atoms with E-state index >= 15 is 0 Å². The van der Waals surface area contributed by atoms with E-state index in [4.69, 9.17) is 4.74 Å². The number of benzene rings is 1. The standard InChI is InChI=1S/C16H16N4O/c1-20-11-12(10-18-19-16-5-3-4-8-17-16)14-9-13(21-2)6-7-15(14)20/h3-11H,1-2H3,(H,17,19)/b18-10+. The van der Waals surface area contributed by atoms with Gasteiger partial charge < -0.3 is 9.30 Å². The lowest BCUT2D eigenvalue weighted by molar-refractivity contribution is 0.415. The van der Waals surface area contributed by atoms with E-state index in [1.54, 1.807) is 19.5 Å². The molecule has 0 saturated heterocycles.